The van der Waals surface area contributed by atoms with Gasteiger partial charge in [0.25, 0.3) is 0 Å². The Balaban J connectivity index is 1.97. The normalized spacial score (nSPS) is 17.2. The van der Waals surface area contributed by atoms with Crippen molar-refractivity contribution in [2.24, 2.45) is 5.92 Å². The number of hydrogen-bond acceptors (Lipinski definition) is 5. The number of aromatic nitrogens is 1. The van der Waals surface area contributed by atoms with Crippen LogP contribution in [0, 0.1) is 5.92 Å². The molecule has 1 aliphatic rings. The highest BCUT2D eigenvalue weighted by atomic mass is 32.2. The topological polar surface area (TPSA) is 88.6 Å². The van der Waals surface area contributed by atoms with Crippen molar-refractivity contribution in [3.63, 3.8) is 0 Å². The molecule has 7 nitrogen and oxygen atoms in total. The lowest BCUT2D eigenvalue weighted by molar-refractivity contribution is -0.120. The highest BCUT2D eigenvalue weighted by Crippen LogP contribution is 2.24. The van der Waals surface area contributed by atoms with E-state index in [0.717, 1.165) is 0 Å². The number of nitrogens with zero attached hydrogens (tertiary/aromatic N) is 2. The molecule has 22 heavy (non-hydrogen) atoms. The zero-order chi connectivity index (χ0) is 16.2. The second-order valence-corrected chi connectivity index (χ2v) is 7.20. The van der Waals surface area contributed by atoms with Crippen LogP contribution in [0.1, 0.15) is 19.8 Å². The van der Waals surface area contributed by atoms with Crippen molar-refractivity contribution in [1.29, 1.82) is 0 Å². The van der Waals surface area contributed by atoms with E-state index in [1.54, 1.807) is 18.3 Å². The molecule has 1 aromatic rings. The minimum atomic E-state index is -3.18. The summed E-state index contributed by atoms with van der Waals surface area (Å²) in [5.74, 6) is 0.0710. The van der Waals surface area contributed by atoms with Gasteiger partial charge in [0.2, 0.25) is 21.8 Å². The highest BCUT2D eigenvalue weighted by Gasteiger charge is 2.29. The number of nitrogens with one attached hydrogen (secondary N) is 1. The van der Waals surface area contributed by atoms with Gasteiger partial charge in [-0.15, -0.1) is 0 Å². The van der Waals surface area contributed by atoms with Gasteiger partial charge in [-0.25, -0.2) is 17.7 Å². The molecular weight excluding hydrogens is 306 g/mol. The molecule has 1 aliphatic heterocycles. The summed E-state index contributed by atoms with van der Waals surface area (Å²) >= 11 is 0. The first kappa shape index (κ1) is 16.7. The number of anilines is 1. The molecule has 2 rings (SSSR count). The SMILES string of the molecule is CCOc1ncccc1NC(=O)C1CCN(S(C)(=O)=O)CC1. The van der Waals surface area contributed by atoms with E-state index in [2.05, 4.69) is 10.3 Å². The Labute approximate surface area is 130 Å². The van der Waals surface area contributed by atoms with Gasteiger partial charge in [-0.1, -0.05) is 0 Å². The number of piperidine rings is 1. The van der Waals surface area contributed by atoms with Crippen molar-refractivity contribution >= 4 is 21.6 Å². The van der Waals surface area contributed by atoms with Crippen LogP contribution >= 0.6 is 0 Å². The summed E-state index contributed by atoms with van der Waals surface area (Å²) in [4.78, 5) is 16.4. The van der Waals surface area contributed by atoms with Gasteiger partial charge in [0.15, 0.2) is 0 Å². The lowest BCUT2D eigenvalue weighted by atomic mass is 9.97. The summed E-state index contributed by atoms with van der Waals surface area (Å²) in [5, 5.41) is 2.82. The van der Waals surface area contributed by atoms with Crippen molar-refractivity contribution in [2.75, 3.05) is 31.3 Å². The Kier molecular flexibility index (Phi) is 5.36. The zero-order valence-corrected chi connectivity index (χ0v) is 13.6. The van der Waals surface area contributed by atoms with Crippen LogP contribution in [0.25, 0.3) is 0 Å². The van der Waals surface area contributed by atoms with Gasteiger partial charge in [0.05, 0.1) is 12.9 Å². The van der Waals surface area contributed by atoms with Crippen LogP contribution in [0.3, 0.4) is 0 Å². The van der Waals surface area contributed by atoms with E-state index in [0.29, 0.717) is 44.1 Å². The number of rotatable bonds is 5. The van der Waals surface area contributed by atoms with Gasteiger partial charge in [0.1, 0.15) is 5.69 Å². The lowest BCUT2D eigenvalue weighted by Crippen LogP contribution is -2.40. The second kappa shape index (κ2) is 7.06. The maximum Gasteiger partial charge on any atom is 0.237 e. The third-order valence-electron chi connectivity index (χ3n) is 3.60. The highest BCUT2D eigenvalue weighted by molar-refractivity contribution is 7.88. The smallest absolute Gasteiger partial charge is 0.237 e. The van der Waals surface area contributed by atoms with Gasteiger partial charge in [-0.3, -0.25) is 4.79 Å². The summed E-state index contributed by atoms with van der Waals surface area (Å²) in [5.41, 5.74) is 0.542. The minimum absolute atomic E-state index is 0.123. The molecule has 2 heterocycles. The molecule has 0 aromatic carbocycles. The first-order valence-electron chi connectivity index (χ1n) is 7.25. The van der Waals surface area contributed by atoms with Crippen LogP contribution in [0.2, 0.25) is 0 Å². The van der Waals surface area contributed by atoms with Gasteiger partial charge in [0, 0.05) is 25.2 Å². The van der Waals surface area contributed by atoms with Gasteiger partial charge in [-0.05, 0) is 31.9 Å². The standard InChI is InChI=1S/C14H21N3O4S/c1-3-21-14-12(5-4-8-15-14)16-13(18)11-6-9-17(10-7-11)22(2,19)20/h4-5,8,11H,3,6-7,9-10H2,1-2H3,(H,16,18). The van der Waals surface area contributed by atoms with Crippen LogP contribution in [-0.2, 0) is 14.8 Å². The number of hydrogen-bond donors (Lipinski definition) is 1. The summed E-state index contributed by atoms with van der Waals surface area (Å²) in [6, 6.07) is 3.46. The van der Waals surface area contributed by atoms with Crippen molar-refractivity contribution in [3.8, 4) is 5.88 Å². The first-order chi connectivity index (χ1) is 10.4. The Morgan fingerprint density at radius 1 is 1.45 bits per heavy atom. The lowest BCUT2D eigenvalue weighted by Gasteiger charge is -2.29. The summed E-state index contributed by atoms with van der Waals surface area (Å²) in [6.07, 6.45) is 3.83. The molecule has 0 atom stereocenters. The summed E-state index contributed by atoms with van der Waals surface area (Å²) in [7, 11) is -3.18. The number of pyridine rings is 1. The molecule has 1 amide bonds. The average molecular weight is 327 g/mol. The fourth-order valence-electron chi connectivity index (χ4n) is 2.42. The molecule has 0 aliphatic carbocycles. The van der Waals surface area contributed by atoms with Crippen LogP contribution in [0.5, 0.6) is 5.88 Å². The Bertz CT molecular complexity index is 625. The molecule has 1 fully saturated rings. The fourth-order valence-corrected chi connectivity index (χ4v) is 3.30. The first-order valence-corrected chi connectivity index (χ1v) is 9.10. The molecule has 0 saturated carbocycles. The molecule has 0 radical (unpaired) electrons. The Morgan fingerprint density at radius 2 is 2.14 bits per heavy atom. The molecule has 0 spiro atoms. The van der Waals surface area contributed by atoms with Crippen LogP contribution in [0.4, 0.5) is 5.69 Å². The van der Waals surface area contributed by atoms with Crippen molar-refractivity contribution < 1.29 is 17.9 Å². The summed E-state index contributed by atoms with van der Waals surface area (Å²) < 4.78 is 29.7. The molecule has 0 unspecified atom stereocenters. The van der Waals surface area contributed by atoms with E-state index >= 15 is 0 Å². The average Bonchev–Trinajstić information content (AvgIpc) is 2.49. The quantitative estimate of drug-likeness (QED) is 0.874. The van der Waals surface area contributed by atoms with E-state index in [4.69, 9.17) is 4.74 Å². The van der Waals surface area contributed by atoms with E-state index in [9.17, 15) is 13.2 Å². The molecule has 8 heteroatoms. The second-order valence-electron chi connectivity index (χ2n) is 5.21. The van der Waals surface area contributed by atoms with Gasteiger partial charge >= 0.3 is 0 Å². The van der Waals surface area contributed by atoms with E-state index < -0.39 is 10.0 Å². The van der Waals surface area contributed by atoms with Crippen molar-refractivity contribution in [1.82, 2.24) is 9.29 Å². The van der Waals surface area contributed by atoms with Crippen LogP contribution in [-0.4, -0.2) is 49.6 Å². The molecule has 0 bridgehead atoms. The monoisotopic (exact) mass is 327 g/mol. The molecule has 1 aromatic heterocycles. The van der Waals surface area contributed by atoms with Crippen molar-refractivity contribution in [3.05, 3.63) is 18.3 Å². The predicted octanol–water partition coefficient (Wildman–Crippen LogP) is 1.09. The molecule has 1 N–H and O–H groups in total. The zero-order valence-electron chi connectivity index (χ0n) is 12.8. The molecular formula is C14H21N3O4S. The minimum Gasteiger partial charge on any atom is -0.476 e. The van der Waals surface area contributed by atoms with E-state index in [1.807, 2.05) is 6.92 Å². The predicted molar refractivity (Wildman–Crippen MR) is 83.2 cm³/mol. The number of sulfonamides is 1. The molecule has 1 saturated heterocycles. The number of carbonyl (C=O) groups excluding carboxylic acids is 1. The Morgan fingerprint density at radius 3 is 2.73 bits per heavy atom. The van der Waals surface area contributed by atoms with E-state index in [-0.39, 0.29) is 11.8 Å². The number of amides is 1. The van der Waals surface area contributed by atoms with Crippen molar-refractivity contribution in [2.45, 2.75) is 19.8 Å². The maximum atomic E-state index is 12.3. The third kappa shape index (κ3) is 4.17. The van der Waals surface area contributed by atoms with Gasteiger partial charge in [-0.2, -0.15) is 0 Å². The fraction of sp³-hybridized carbons (Fsp3) is 0.571. The van der Waals surface area contributed by atoms with Crippen LogP contribution < -0.4 is 10.1 Å². The largest absolute Gasteiger partial charge is 0.476 e. The Hall–Kier alpha value is -1.67. The van der Waals surface area contributed by atoms with E-state index in [1.165, 1.54) is 10.6 Å². The van der Waals surface area contributed by atoms with Gasteiger partial charge < -0.3 is 10.1 Å². The molecule has 122 valence electrons. The number of ether oxygens (including phenoxy) is 1. The van der Waals surface area contributed by atoms with Crippen LogP contribution in [0.15, 0.2) is 18.3 Å². The maximum absolute atomic E-state index is 12.3. The third-order valence-corrected chi connectivity index (χ3v) is 4.91. The number of carbonyl (C=O) groups is 1. The summed E-state index contributed by atoms with van der Waals surface area (Å²) in [6.45, 7) is 3.07.